The van der Waals surface area contributed by atoms with Crippen LogP contribution in [0.15, 0.2) is 0 Å². The summed E-state index contributed by atoms with van der Waals surface area (Å²) in [7, 11) is 0. The van der Waals surface area contributed by atoms with Gasteiger partial charge in [0.1, 0.15) is 6.23 Å². The van der Waals surface area contributed by atoms with Crippen molar-refractivity contribution in [3.8, 4) is 0 Å². The van der Waals surface area contributed by atoms with Gasteiger partial charge >= 0.3 is 0 Å². The second-order valence-corrected chi connectivity index (χ2v) is 9.29. The van der Waals surface area contributed by atoms with Crippen LogP contribution in [0.25, 0.3) is 0 Å². The summed E-state index contributed by atoms with van der Waals surface area (Å²) in [5, 5.41) is 13.4. The smallest absolute Gasteiger partial charge is 0.237 e. The summed E-state index contributed by atoms with van der Waals surface area (Å²) in [5.74, 6) is 0.627. The van der Waals surface area contributed by atoms with Gasteiger partial charge < -0.3 is 10.6 Å². The molecule has 6 atom stereocenters. The lowest BCUT2D eigenvalue weighted by molar-refractivity contribution is -0.134. The minimum absolute atomic E-state index is 0.0424. The van der Waals surface area contributed by atoms with Crippen LogP contribution in [0.2, 0.25) is 0 Å². The van der Waals surface area contributed by atoms with Gasteiger partial charge in [-0.25, -0.2) is 5.43 Å². The second-order valence-electron chi connectivity index (χ2n) is 9.29. The van der Waals surface area contributed by atoms with E-state index < -0.39 is 0 Å². The Hall–Kier alpha value is -1.30. The number of rotatable bonds is 9. The van der Waals surface area contributed by atoms with Crippen LogP contribution in [0.5, 0.6) is 0 Å². The van der Waals surface area contributed by atoms with Gasteiger partial charge in [0.25, 0.3) is 0 Å². The van der Waals surface area contributed by atoms with Crippen LogP contribution in [-0.4, -0.2) is 56.0 Å². The molecule has 3 saturated heterocycles. The highest BCUT2D eigenvalue weighted by Crippen LogP contribution is 2.33. The van der Waals surface area contributed by atoms with Gasteiger partial charge in [0.05, 0.1) is 12.3 Å². The van der Waals surface area contributed by atoms with E-state index in [9.17, 15) is 9.59 Å². The largest absolute Gasteiger partial charge is 0.355 e. The van der Waals surface area contributed by atoms with Crippen LogP contribution in [0.3, 0.4) is 0 Å². The van der Waals surface area contributed by atoms with Gasteiger partial charge in [-0.1, -0.05) is 19.3 Å². The van der Waals surface area contributed by atoms with Crippen molar-refractivity contribution in [2.45, 2.75) is 88.8 Å². The topological polar surface area (TPSA) is 128 Å². The number of hydroxylamine groups is 1. The highest BCUT2D eigenvalue weighted by atomic mass is 16.7. The van der Waals surface area contributed by atoms with Gasteiger partial charge in [0.2, 0.25) is 11.8 Å². The minimum atomic E-state index is -0.0424. The summed E-state index contributed by atoms with van der Waals surface area (Å²) in [6.07, 6.45) is 10.3. The van der Waals surface area contributed by atoms with Crippen molar-refractivity contribution in [2.24, 2.45) is 11.8 Å². The second kappa shape index (κ2) is 11.5. The van der Waals surface area contributed by atoms with Crippen molar-refractivity contribution in [3.63, 3.8) is 0 Å². The Morgan fingerprint density at radius 3 is 2.84 bits per heavy atom. The van der Waals surface area contributed by atoms with E-state index in [1.54, 1.807) is 0 Å². The molecule has 1 saturated carbocycles. The number of hydrazine groups is 1. The number of amides is 2. The quantitative estimate of drug-likeness (QED) is 0.242. The number of carbonyl (C=O) groups excluding carboxylic acids is 2. The first-order chi connectivity index (χ1) is 15.2. The normalized spacial score (nSPS) is 35.9. The first-order valence-corrected chi connectivity index (χ1v) is 12.2. The van der Waals surface area contributed by atoms with E-state index in [2.05, 4.69) is 37.6 Å². The summed E-state index contributed by atoms with van der Waals surface area (Å²) in [6, 6.07) is 0.408. The van der Waals surface area contributed by atoms with E-state index in [1.165, 1.54) is 19.3 Å². The first kappa shape index (κ1) is 22.9. The third-order valence-corrected chi connectivity index (χ3v) is 7.07. The van der Waals surface area contributed by atoms with Gasteiger partial charge in [-0.15, -0.1) is 0 Å². The van der Waals surface area contributed by atoms with Gasteiger partial charge in [-0.05, 0) is 45.1 Å². The van der Waals surface area contributed by atoms with Crippen molar-refractivity contribution in [3.05, 3.63) is 0 Å². The highest BCUT2D eigenvalue weighted by molar-refractivity contribution is 5.79. The molecule has 10 nitrogen and oxygen atoms in total. The van der Waals surface area contributed by atoms with E-state index in [1.807, 2.05) is 0 Å². The molecule has 176 valence electrons. The molecule has 0 bridgehead atoms. The fourth-order valence-corrected chi connectivity index (χ4v) is 5.33. The molecule has 4 aliphatic rings. The number of piperidine rings is 1. The zero-order valence-corrected chi connectivity index (χ0v) is 18.4. The predicted molar refractivity (Wildman–Crippen MR) is 116 cm³/mol. The van der Waals surface area contributed by atoms with Gasteiger partial charge in [-0.2, -0.15) is 5.48 Å². The summed E-state index contributed by atoms with van der Waals surface area (Å²) < 4.78 is 0. The van der Waals surface area contributed by atoms with Crippen molar-refractivity contribution < 1.29 is 14.4 Å². The monoisotopic (exact) mass is 437 g/mol. The van der Waals surface area contributed by atoms with Crippen LogP contribution in [0.1, 0.15) is 64.2 Å². The number of hydrogen-bond acceptors (Lipinski definition) is 8. The lowest BCUT2D eigenvalue weighted by atomic mass is 9.76. The maximum absolute atomic E-state index is 12.2. The molecular weight excluding hydrogens is 398 g/mol. The lowest BCUT2D eigenvalue weighted by Crippen LogP contribution is -2.64. The van der Waals surface area contributed by atoms with Gasteiger partial charge in [0.15, 0.2) is 0 Å². The van der Waals surface area contributed by atoms with E-state index in [0.717, 1.165) is 45.1 Å². The van der Waals surface area contributed by atoms with Crippen molar-refractivity contribution in [1.82, 2.24) is 37.6 Å². The molecule has 4 rings (SSSR count). The zero-order valence-electron chi connectivity index (χ0n) is 18.4. The molecule has 6 unspecified atom stereocenters. The average molecular weight is 438 g/mol. The van der Waals surface area contributed by atoms with Crippen LogP contribution >= 0.6 is 0 Å². The molecule has 1 aliphatic carbocycles. The standard InChI is InChI=1S/C21H39N7O3/c29-17(9-5-10-18-25-20(28-31-18)16-8-3-4-11-22-16)23-12-13-24-19-14-6-1-2-7-15(14)21(30)27-26-19/h14-16,18-20,22,24-26,28H,1-13H2,(H,23,29)(H,27,30). The fourth-order valence-electron chi connectivity index (χ4n) is 5.33. The summed E-state index contributed by atoms with van der Waals surface area (Å²) in [5.41, 5.74) is 8.98. The highest BCUT2D eigenvalue weighted by Gasteiger charge is 2.39. The van der Waals surface area contributed by atoms with Crippen LogP contribution in [0, 0.1) is 11.8 Å². The number of fused-ring (bicyclic) bond motifs is 1. The predicted octanol–water partition coefficient (Wildman–Crippen LogP) is -0.452. The molecule has 3 heterocycles. The minimum Gasteiger partial charge on any atom is -0.355 e. The van der Waals surface area contributed by atoms with Crippen LogP contribution < -0.4 is 37.6 Å². The van der Waals surface area contributed by atoms with Crippen molar-refractivity contribution in [2.75, 3.05) is 19.6 Å². The third-order valence-electron chi connectivity index (χ3n) is 7.07. The van der Waals surface area contributed by atoms with Crippen LogP contribution in [-0.2, 0) is 14.4 Å². The SMILES string of the molecule is O=C(CCCC1NC(C2CCCCN2)NO1)NCCNC1NNC(=O)C2CCCCC12. The Kier molecular flexibility index (Phi) is 8.51. The van der Waals surface area contributed by atoms with E-state index in [0.29, 0.717) is 31.5 Å². The first-order valence-electron chi connectivity index (χ1n) is 12.2. The molecule has 0 aromatic heterocycles. The Morgan fingerprint density at radius 1 is 1.10 bits per heavy atom. The Balaban J connectivity index is 1.05. The molecule has 2 amide bonds. The fraction of sp³-hybridized carbons (Fsp3) is 0.905. The molecule has 0 radical (unpaired) electrons. The molecule has 0 aromatic rings. The molecule has 31 heavy (non-hydrogen) atoms. The summed E-state index contributed by atoms with van der Waals surface area (Å²) >= 11 is 0. The molecule has 0 spiro atoms. The van der Waals surface area contributed by atoms with Gasteiger partial charge in [-0.3, -0.25) is 30.5 Å². The number of carbonyl (C=O) groups is 2. The number of nitrogens with one attached hydrogen (secondary N) is 7. The maximum atomic E-state index is 12.2. The van der Waals surface area contributed by atoms with Gasteiger partial charge in [0, 0.05) is 37.4 Å². The number of hydrogen-bond donors (Lipinski definition) is 7. The summed E-state index contributed by atoms with van der Waals surface area (Å²) in [6.45, 7) is 2.32. The Morgan fingerprint density at radius 2 is 1.97 bits per heavy atom. The van der Waals surface area contributed by atoms with E-state index in [-0.39, 0.29) is 36.3 Å². The van der Waals surface area contributed by atoms with Crippen molar-refractivity contribution >= 4 is 11.8 Å². The third kappa shape index (κ3) is 6.36. The molecule has 0 aromatic carbocycles. The summed E-state index contributed by atoms with van der Waals surface area (Å²) in [4.78, 5) is 29.8. The maximum Gasteiger partial charge on any atom is 0.237 e. The van der Waals surface area contributed by atoms with E-state index >= 15 is 0 Å². The molecule has 4 fully saturated rings. The Labute approximate surface area is 184 Å². The average Bonchev–Trinajstić information content (AvgIpc) is 3.28. The molecule has 3 aliphatic heterocycles. The molecule has 7 N–H and O–H groups in total. The van der Waals surface area contributed by atoms with Crippen LogP contribution in [0.4, 0.5) is 0 Å². The van der Waals surface area contributed by atoms with Crippen molar-refractivity contribution in [1.29, 1.82) is 0 Å². The zero-order chi connectivity index (χ0) is 21.5. The van der Waals surface area contributed by atoms with E-state index in [4.69, 9.17) is 4.84 Å². The lowest BCUT2D eigenvalue weighted by Gasteiger charge is -2.41. The molecular formula is C21H39N7O3. The molecule has 10 heteroatoms. The Bertz CT molecular complexity index is 602.